The van der Waals surface area contributed by atoms with Crippen LogP contribution in [0.4, 0.5) is 0 Å². The van der Waals surface area contributed by atoms with Crippen molar-refractivity contribution in [1.29, 1.82) is 0 Å². The van der Waals surface area contributed by atoms with E-state index < -0.39 is 0 Å². The van der Waals surface area contributed by atoms with Gasteiger partial charge in [0.2, 0.25) is 0 Å². The maximum Gasteiger partial charge on any atom is 0.141 e. The zero-order valence-electron chi connectivity index (χ0n) is 13.0. The second kappa shape index (κ2) is 5.72. The number of imidazole rings is 1. The standard InChI is InChI=1S/C19H22N2/c1-14(2)12-13-21-18-7-5-4-6-17(18)20-19(21)16-10-8-15(3)9-11-16/h4-11,14H,12-13H2,1-3H3. The molecule has 0 aliphatic heterocycles. The van der Waals surface area contributed by atoms with Crippen LogP contribution >= 0.6 is 0 Å². The van der Waals surface area contributed by atoms with E-state index in [-0.39, 0.29) is 0 Å². The van der Waals surface area contributed by atoms with Crippen LogP contribution in [0.25, 0.3) is 22.4 Å². The SMILES string of the molecule is Cc1ccc(-c2nc3ccccc3n2CCC(C)C)cc1. The minimum Gasteiger partial charge on any atom is -0.324 e. The summed E-state index contributed by atoms with van der Waals surface area (Å²) in [5, 5.41) is 0. The topological polar surface area (TPSA) is 17.8 Å². The number of aryl methyl sites for hydroxylation is 2. The van der Waals surface area contributed by atoms with Crippen LogP contribution in [-0.2, 0) is 6.54 Å². The number of hydrogen-bond donors (Lipinski definition) is 0. The van der Waals surface area contributed by atoms with Crippen molar-refractivity contribution in [3.05, 3.63) is 54.1 Å². The summed E-state index contributed by atoms with van der Waals surface area (Å²) >= 11 is 0. The molecule has 0 saturated carbocycles. The smallest absolute Gasteiger partial charge is 0.141 e. The highest BCUT2D eigenvalue weighted by Crippen LogP contribution is 2.26. The van der Waals surface area contributed by atoms with E-state index in [4.69, 9.17) is 4.98 Å². The Morgan fingerprint density at radius 3 is 2.43 bits per heavy atom. The van der Waals surface area contributed by atoms with Gasteiger partial charge in [-0.2, -0.15) is 0 Å². The van der Waals surface area contributed by atoms with Gasteiger partial charge in [0.25, 0.3) is 0 Å². The van der Waals surface area contributed by atoms with Crippen LogP contribution in [0.15, 0.2) is 48.5 Å². The second-order valence-electron chi connectivity index (χ2n) is 6.12. The first-order valence-electron chi connectivity index (χ1n) is 7.67. The fourth-order valence-electron chi connectivity index (χ4n) is 2.61. The lowest BCUT2D eigenvalue weighted by atomic mass is 10.1. The lowest BCUT2D eigenvalue weighted by Gasteiger charge is -2.11. The van der Waals surface area contributed by atoms with Gasteiger partial charge >= 0.3 is 0 Å². The van der Waals surface area contributed by atoms with Crippen LogP contribution in [0.1, 0.15) is 25.8 Å². The van der Waals surface area contributed by atoms with E-state index in [1.165, 1.54) is 23.1 Å². The molecule has 1 heterocycles. The molecule has 0 radical (unpaired) electrons. The normalized spacial score (nSPS) is 11.4. The molecule has 0 unspecified atom stereocenters. The van der Waals surface area contributed by atoms with Crippen molar-refractivity contribution in [1.82, 2.24) is 9.55 Å². The molecule has 0 atom stereocenters. The minimum atomic E-state index is 0.692. The third kappa shape index (κ3) is 2.85. The highest BCUT2D eigenvalue weighted by atomic mass is 15.1. The Balaban J connectivity index is 2.11. The Hall–Kier alpha value is -2.09. The molecule has 0 bridgehead atoms. The zero-order chi connectivity index (χ0) is 14.8. The fourth-order valence-corrected chi connectivity index (χ4v) is 2.61. The highest BCUT2D eigenvalue weighted by molar-refractivity contribution is 5.80. The largest absolute Gasteiger partial charge is 0.324 e. The number of para-hydroxylation sites is 2. The van der Waals surface area contributed by atoms with Crippen molar-refractivity contribution >= 4 is 11.0 Å². The van der Waals surface area contributed by atoms with Crippen LogP contribution in [-0.4, -0.2) is 9.55 Å². The van der Waals surface area contributed by atoms with Gasteiger partial charge in [-0.05, 0) is 31.4 Å². The third-order valence-electron chi connectivity index (χ3n) is 3.89. The predicted octanol–water partition coefficient (Wildman–Crippen LogP) is 5.06. The summed E-state index contributed by atoms with van der Waals surface area (Å²) in [4.78, 5) is 4.85. The van der Waals surface area contributed by atoms with Crippen molar-refractivity contribution in [3.8, 4) is 11.4 Å². The Kier molecular flexibility index (Phi) is 3.78. The van der Waals surface area contributed by atoms with Crippen LogP contribution in [0.3, 0.4) is 0 Å². The Labute approximate surface area is 126 Å². The zero-order valence-corrected chi connectivity index (χ0v) is 13.0. The van der Waals surface area contributed by atoms with Gasteiger partial charge in [-0.3, -0.25) is 0 Å². The second-order valence-corrected chi connectivity index (χ2v) is 6.12. The molecule has 108 valence electrons. The molecule has 21 heavy (non-hydrogen) atoms. The van der Waals surface area contributed by atoms with Gasteiger partial charge in [0, 0.05) is 12.1 Å². The number of fused-ring (bicyclic) bond motifs is 1. The van der Waals surface area contributed by atoms with Crippen LogP contribution < -0.4 is 0 Å². The monoisotopic (exact) mass is 278 g/mol. The van der Waals surface area contributed by atoms with Crippen LogP contribution in [0, 0.1) is 12.8 Å². The van der Waals surface area contributed by atoms with Crippen molar-refractivity contribution in [2.45, 2.75) is 33.7 Å². The molecule has 0 aliphatic rings. The van der Waals surface area contributed by atoms with Crippen molar-refractivity contribution in [2.75, 3.05) is 0 Å². The molecule has 0 fully saturated rings. The average Bonchev–Trinajstić information content (AvgIpc) is 2.84. The molecule has 0 saturated heterocycles. The molecule has 0 N–H and O–H groups in total. The van der Waals surface area contributed by atoms with E-state index in [9.17, 15) is 0 Å². The molecule has 2 heteroatoms. The van der Waals surface area contributed by atoms with Gasteiger partial charge in [0.15, 0.2) is 0 Å². The molecule has 0 spiro atoms. The van der Waals surface area contributed by atoms with Crippen LogP contribution in [0.5, 0.6) is 0 Å². The number of hydrogen-bond acceptors (Lipinski definition) is 1. The first-order chi connectivity index (χ1) is 10.1. The van der Waals surface area contributed by atoms with E-state index in [2.05, 4.69) is 73.9 Å². The van der Waals surface area contributed by atoms with Gasteiger partial charge in [-0.25, -0.2) is 4.98 Å². The predicted molar refractivity (Wildman–Crippen MR) is 89.4 cm³/mol. The van der Waals surface area contributed by atoms with Crippen LogP contribution in [0.2, 0.25) is 0 Å². The number of rotatable bonds is 4. The Bertz CT molecular complexity index is 736. The highest BCUT2D eigenvalue weighted by Gasteiger charge is 2.12. The molecule has 3 rings (SSSR count). The van der Waals surface area contributed by atoms with Crippen molar-refractivity contribution in [3.63, 3.8) is 0 Å². The van der Waals surface area contributed by atoms with Crippen molar-refractivity contribution in [2.24, 2.45) is 5.92 Å². The Morgan fingerprint density at radius 1 is 1.00 bits per heavy atom. The summed E-state index contributed by atoms with van der Waals surface area (Å²) in [5.74, 6) is 1.77. The molecule has 2 aromatic carbocycles. The maximum atomic E-state index is 4.85. The van der Waals surface area contributed by atoms with Gasteiger partial charge in [-0.15, -0.1) is 0 Å². The fraction of sp³-hybridized carbons (Fsp3) is 0.316. The summed E-state index contributed by atoms with van der Waals surface area (Å²) in [6, 6.07) is 17.1. The van der Waals surface area contributed by atoms with E-state index in [1.54, 1.807) is 0 Å². The molecular weight excluding hydrogens is 256 g/mol. The average molecular weight is 278 g/mol. The van der Waals surface area contributed by atoms with E-state index in [1.807, 2.05) is 0 Å². The molecule has 0 amide bonds. The lowest BCUT2D eigenvalue weighted by molar-refractivity contribution is 0.525. The summed E-state index contributed by atoms with van der Waals surface area (Å²) in [6.45, 7) is 7.67. The molecule has 2 nitrogen and oxygen atoms in total. The Morgan fingerprint density at radius 2 is 1.71 bits per heavy atom. The number of aromatic nitrogens is 2. The molecule has 3 aromatic rings. The third-order valence-corrected chi connectivity index (χ3v) is 3.89. The van der Waals surface area contributed by atoms with Gasteiger partial charge < -0.3 is 4.57 Å². The van der Waals surface area contributed by atoms with Gasteiger partial charge in [0.05, 0.1) is 11.0 Å². The summed E-state index contributed by atoms with van der Waals surface area (Å²) in [7, 11) is 0. The summed E-state index contributed by atoms with van der Waals surface area (Å²) in [6.07, 6.45) is 1.17. The first kappa shape index (κ1) is 13.9. The van der Waals surface area contributed by atoms with Gasteiger partial charge in [-0.1, -0.05) is 55.8 Å². The quantitative estimate of drug-likeness (QED) is 0.652. The minimum absolute atomic E-state index is 0.692. The molecule has 1 aromatic heterocycles. The van der Waals surface area contributed by atoms with E-state index in [0.29, 0.717) is 5.92 Å². The maximum absolute atomic E-state index is 4.85. The van der Waals surface area contributed by atoms with Crippen molar-refractivity contribution < 1.29 is 0 Å². The van der Waals surface area contributed by atoms with E-state index in [0.717, 1.165) is 17.9 Å². The summed E-state index contributed by atoms with van der Waals surface area (Å²) in [5.41, 5.74) is 4.79. The van der Waals surface area contributed by atoms with Gasteiger partial charge in [0.1, 0.15) is 5.82 Å². The number of nitrogens with zero attached hydrogens (tertiary/aromatic N) is 2. The molecular formula is C19H22N2. The van der Waals surface area contributed by atoms with E-state index >= 15 is 0 Å². The molecule has 0 aliphatic carbocycles. The summed E-state index contributed by atoms with van der Waals surface area (Å²) < 4.78 is 2.36. The number of benzene rings is 2. The first-order valence-corrected chi connectivity index (χ1v) is 7.67. The lowest BCUT2D eigenvalue weighted by Crippen LogP contribution is -2.03.